The average Bonchev–Trinajstić information content (AvgIpc) is 3.07. The summed E-state index contributed by atoms with van der Waals surface area (Å²) in [6.07, 6.45) is 1.02. The molecule has 40 heavy (non-hydrogen) atoms. The van der Waals surface area contributed by atoms with Crippen molar-refractivity contribution in [2.24, 2.45) is 5.92 Å². The number of halogens is 3. The number of aromatic nitrogens is 2. The molecule has 6 rings (SSSR count). The van der Waals surface area contributed by atoms with Crippen LogP contribution < -0.4 is 16.2 Å². The van der Waals surface area contributed by atoms with Crippen LogP contribution in [0, 0.1) is 18.7 Å². The summed E-state index contributed by atoms with van der Waals surface area (Å²) in [4.78, 5) is 57.0. The molecule has 1 atom stereocenters. The number of rotatable bonds is 5. The van der Waals surface area contributed by atoms with Crippen LogP contribution in [0.15, 0.2) is 23.0 Å². The molecule has 4 aliphatic rings. The van der Waals surface area contributed by atoms with Gasteiger partial charge in [0.15, 0.2) is 5.69 Å². The Morgan fingerprint density at radius 2 is 1.90 bits per heavy atom. The molecular weight excluding hydrogens is 531 g/mol. The molecule has 3 aliphatic heterocycles. The molecule has 10 nitrogen and oxygen atoms in total. The standard InChI is InChI=1S/C27H30F3N5O5/c1-14-9-17(3-4-18(14)28)11-31-23(39)20-21(37)24(40)34-12-16-5-7-26(8-6-16,25(34)32-20)33-22(38)19-10-27(29,30)13-35(19)15(2)36/h3-4,9,16,19,37H,5-8,10-13H2,1-2H3,(H,31,39)(H,33,38)/t16?,19-,26?/m0/s1. The van der Waals surface area contributed by atoms with Crippen molar-refractivity contribution < 1.29 is 32.7 Å². The Balaban J connectivity index is 1.47. The molecule has 1 saturated carbocycles. The molecule has 2 fully saturated rings. The third-order valence-corrected chi connectivity index (χ3v) is 8.20. The van der Waals surface area contributed by atoms with E-state index in [-0.39, 0.29) is 24.8 Å². The highest BCUT2D eigenvalue weighted by Crippen LogP contribution is 2.43. The van der Waals surface area contributed by atoms with Crippen molar-refractivity contribution in [2.75, 3.05) is 6.54 Å². The van der Waals surface area contributed by atoms with Gasteiger partial charge >= 0.3 is 0 Å². The highest BCUT2D eigenvalue weighted by Gasteiger charge is 2.52. The largest absolute Gasteiger partial charge is 0.501 e. The van der Waals surface area contributed by atoms with Crippen LogP contribution in [-0.4, -0.2) is 55.8 Å². The van der Waals surface area contributed by atoms with E-state index in [0.29, 0.717) is 36.8 Å². The van der Waals surface area contributed by atoms with E-state index in [1.165, 1.54) is 16.7 Å². The summed E-state index contributed by atoms with van der Waals surface area (Å²) in [5.74, 6) is -6.66. The van der Waals surface area contributed by atoms with E-state index < -0.39 is 71.0 Å². The zero-order valence-electron chi connectivity index (χ0n) is 22.1. The molecule has 2 bridgehead atoms. The van der Waals surface area contributed by atoms with Crippen LogP contribution in [0.1, 0.15) is 66.5 Å². The molecule has 4 heterocycles. The molecule has 3 N–H and O–H groups in total. The fraction of sp³-hybridized carbons (Fsp3) is 0.519. The van der Waals surface area contributed by atoms with Gasteiger partial charge in [0.2, 0.25) is 17.6 Å². The highest BCUT2D eigenvalue weighted by atomic mass is 19.3. The first kappa shape index (κ1) is 27.7. The Hall–Kier alpha value is -3.90. The van der Waals surface area contributed by atoms with Gasteiger partial charge in [0, 0.05) is 26.4 Å². The van der Waals surface area contributed by atoms with Gasteiger partial charge in [0.1, 0.15) is 17.7 Å². The van der Waals surface area contributed by atoms with Gasteiger partial charge in [-0.1, -0.05) is 12.1 Å². The number of nitrogens with one attached hydrogen (secondary N) is 2. The number of carbonyl (C=O) groups excluding carboxylic acids is 3. The van der Waals surface area contributed by atoms with Crippen LogP contribution >= 0.6 is 0 Å². The van der Waals surface area contributed by atoms with Crippen molar-refractivity contribution in [1.29, 1.82) is 0 Å². The predicted molar refractivity (Wildman–Crippen MR) is 135 cm³/mol. The molecule has 0 spiro atoms. The van der Waals surface area contributed by atoms with Gasteiger partial charge in [-0.3, -0.25) is 23.7 Å². The van der Waals surface area contributed by atoms with Crippen LogP contribution in [0.3, 0.4) is 0 Å². The molecule has 0 radical (unpaired) electrons. The quantitative estimate of drug-likeness (QED) is 0.512. The van der Waals surface area contributed by atoms with Crippen LogP contribution in [0.25, 0.3) is 0 Å². The summed E-state index contributed by atoms with van der Waals surface area (Å²) in [7, 11) is 0. The fourth-order valence-corrected chi connectivity index (χ4v) is 6.04. The number of fused-ring (bicyclic) bond motifs is 2. The van der Waals surface area contributed by atoms with Gasteiger partial charge in [-0.05, 0) is 55.7 Å². The second kappa shape index (κ2) is 9.93. The maximum absolute atomic E-state index is 14.2. The molecule has 13 heteroatoms. The number of aromatic hydroxyl groups is 1. The van der Waals surface area contributed by atoms with Crippen molar-refractivity contribution in [1.82, 2.24) is 25.1 Å². The molecule has 0 unspecified atom stereocenters. The zero-order chi connectivity index (χ0) is 29.0. The van der Waals surface area contributed by atoms with Crippen LogP contribution in [0.4, 0.5) is 13.2 Å². The number of hydrogen-bond acceptors (Lipinski definition) is 6. The molecule has 1 aliphatic carbocycles. The number of hydrogen-bond donors (Lipinski definition) is 3. The molecule has 214 valence electrons. The lowest BCUT2D eigenvalue weighted by Gasteiger charge is -2.38. The summed E-state index contributed by atoms with van der Waals surface area (Å²) < 4.78 is 43.2. The predicted octanol–water partition coefficient (Wildman–Crippen LogP) is 2.10. The van der Waals surface area contributed by atoms with Crippen LogP contribution in [0.5, 0.6) is 5.75 Å². The number of benzene rings is 1. The van der Waals surface area contributed by atoms with Gasteiger partial charge in [-0.25, -0.2) is 18.2 Å². The normalized spacial score (nSPS) is 24.8. The van der Waals surface area contributed by atoms with Gasteiger partial charge in [-0.15, -0.1) is 0 Å². The second-order valence-corrected chi connectivity index (χ2v) is 11.1. The van der Waals surface area contributed by atoms with E-state index in [1.807, 2.05) is 0 Å². The zero-order valence-corrected chi connectivity index (χ0v) is 22.1. The summed E-state index contributed by atoms with van der Waals surface area (Å²) >= 11 is 0. The minimum absolute atomic E-state index is 0.0276. The van der Waals surface area contributed by atoms with Crippen molar-refractivity contribution in [3.05, 3.63) is 57.0 Å². The van der Waals surface area contributed by atoms with E-state index in [0.717, 1.165) is 11.8 Å². The van der Waals surface area contributed by atoms with Crippen molar-refractivity contribution in [3.8, 4) is 5.75 Å². The number of amides is 3. The molecule has 1 aromatic carbocycles. The van der Waals surface area contributed by atoms with Gasteiger partial charge in [-0.2, -0.15) is 0 Å². The van der Waals surface area contributed by atoms with Gasteiger partial charge in [0.25, 0.3) is 17.4 Å². The van der Waals surface area contributed by atoms with Crippen molar-refractivity contribution in [3.63, 3.8) is 0 Å². The Morgan fingerprint density at radius 3 is 2.55 bits per heavy atom. The van der Waals surface area contributed by atoms with Gasteiger partial charge < -0.3 is 20.6 Å². The number of likely N-dealkylation sites (tertiary alicyclic amines) is 1. The second-order valence-electron chi connectivity index (χ2n) is 11.1. The van der Waals surface area contributed by atoms with Crippen molar-refractivity contribution >= 4 is 17.7 Å². The highest BCUT2D eigenvalue weighted by molar-refractivity contribution is 5.94. The minimum Gasteiger partial charge on any atom is -0.501 e. The minimum atomic E-state index is -3.22. The Kier molecular flexibility index (Phi) is 6.87. The Labute approximate surface area is 227 Å². The maximum atomic E-state index is 14.2. The number of aryl methyl sites for hydroxylation is 1. The number of nitrogens with zero attached hydrogens (tertiary/aromatic N) is 3. The number of alkyl halides is 2. The molecule has 1 saturated heterocycles. The summed E-state index contributed by atoms with van der Waals surface area (Å²) in [5.41, 5.74) is -1.68. The maximum Gasteiger partial charge on any atom is 0.296 e. The number of carbonyl (C=O) groups is 3. The lowest BCUT2D eigenvalue weighted by molar-refractivity contribution is -0.138. The summed E-state index contributed by atoms with van der Waals surface area (Å²) in [6, 6.07) is 2.90. The van der Waals surface area contributed by atoms with E-state index in [2.05, 4.69) is 15.6 Å². The molecule has 1 aromatic heterocycles. The summed E-state index contributed by atoms with van der Waals surface area (Å²) in [6.45, 7) is 2.01. The van der Waals surface area contributed by atoms with E-state index in [9.17, 15) is 37.5 Å². The Bertz CT molecular complexity index is 1450. The third kappa shape index (κ3) is 4.92. The lowest BCUT2D eigenvalue weighted by atomic mass is 9.77. The lowest BCUT2D eigenvalue weighted by Crippen LogP contribution is -2.55. The first-order valence-electron chi connectivity index (χ1n) is 13.1. The average molecular weight is 562 g/mol. The molecule has 3 amide bonds. The van der Waals surface area contributed by atoms with Gasteiger partial charge in [0.05, 0.1) is 12.1 Å². The smallest absolute Gasteiger partial charge is 0.296 e. The SMILES string of the molecule is CC(=O)N1CC(F)(F)C[C@H]1C(=O)NC12CCC(CC1)Cn1c2nc(C(=O)NCc2ccc(F)c(C)c2)c(O)c1=O. The fourth-order valence-electron chi connectivity index (χ4n) is 6.04. The molecular formula is C27H30F3N5O5. The topological polar surface area (TPSA) is 134 Å². The first-order chi connectivity index (χ1) is 18.8. The van der Waals surface area contributed by atoms with E-state index >= 15 is 0 Å². The Morgan fingerprint density at radius 1 is 1.20 bits per heavy atom. The van der Waals surface area contributed by atoms with Crippen LogP contribution in [-0.2, 0) is 28.2 Å². The van der Waals surface area contributed by atoms with Crippen molar-refractivity contribution in [2.45, 2.75) is 76.5 Å². The van der Waals surface area contributed by atoms with Crippen LogP contribution in [0.2, 0.25) is 0 Å². The van der Waals surface area contributed by atoms with E-state index in [1.54, 1.807) is 13.0 Å². The summed E-state index contributed by atoms with van der Waals surface area (Å²) in [5, 5.41) is 16.1. The molecule has 2 aromatic rings. The monoisotopic (exact) mass is 561 g/mol. The van der Waals surface area contributed by atoms with E-state index in [4.69, 9.17) is 0 Å². The third-order valence-electron chi connectivity index (χ3n) is 8.20. The first-order valence-corrected chi connectivity index (χ1v) is 13.1.